The molecule has 0 amide bonds. The van der Waals surface area contributed by atoms with Gasteiger partial charge in [-0.25, -0.2) is 8.78 Å². The summed E-state index contributed by atoms with van der Waals surface area (Å²) >= 11 is 0. The normalized spacial score (nSPS) is 16.0. The summed E-state index contributed by atoms with van der Waals surface area (Å²) in [6.07, 6.45) is -4.56. The van der Waals surface area contributed by atoms with E-state index >= 15 is 0 Å². The molecule has 2 nitrogen and oxygen atoms in total. The fourth-order valence-corrected chi connectivity index (χ4v) is 2.53. The largest absolute Gasteiger partial charge is 0.485 e. The molecular weight excluding hydrogens is 329 g/mol. The van der Waals surface area contributed by atoms with E-state index in [2.05, 4.69) is 0 Å². The number of halogens is 5. The minimum atomic E-state index is -4.34. The Bertz CT molecular complexity index is 708. The van der Waals surface area contributed by atoms with Crippen LogP contribution in [0.1, 0.15) is 11.1 Å². The van der Waals surface area contributed by atoms with Crippen LogP contribution < -0.4 is 4.74 Å². The molecule has 0 spiro atoms. The van der Waals surface area contributed by atoms with E-state index in [1.165, 1.54) is 18.2 Å². The van der Waals surface area contributed by atoms with E-state index in [-0.39, 0.29) is 11.9 Å². The van der Waals surface area contributed by atoms with Gasteiger partial charge in [-0.3, -0.25) is 4.90 Å². The van der Waals surface area contributed by atoms with Gasteiger partial charge < -0.3 is 4.74 Å². The van der Waals surface area contributed by atoms with E-state index in [0.29, 0.717) is 19.6 Å². The van der Waals surface area contributed by atoms with Crippen LogP contribution in [-0.4, -0.2) is 24.1 Å². The molecule has 1 aliphatic heterocycles. The van der Waals surface area contributed by atoms with Crippen LogP contribution in [0.5, 0.6) is 5.75 Å². The second-order valence-electron chi connectivity index (χ2n) is 5.70. The lowest BCUT2D eigenvalue weighted by Gasteiger charge is -2.39. The lowest BCUT2D eigenvalue weighted by molar-refractivity contribution is -0.137. The van der Waals surface area contributed by atoms with Crippen LogP contribution in [0.15, 0.2) is 42.5 Å². The highest BCUT2D eigenvalue weighted by Gasteiger charge is 2.31. The van der Waals surface area contributed by atoms with Crippen molar-refractivity contribution in [3.05, 3.63) is 65.2 Å². The van der Waals surface area contributed by atoms with E-state index in [1.807, 2.05) is 4.90 Å². The summed E-state index contributed by atoms with van der Waals surface area (Å²) in [6, 6.07) is 8.11. The molecule has 0 unspecified atom stereocenters. The van der Waals surface area contributed by atoms with Crippen molar-refractivity contribution in [3.8, 4) is 5.75 Å². The Balaban J connectivity index is 1.50. The number of likely N-dealkylation sites (tertiary alicyclic amines) is 1. The minimum absolute atomic E-state index is 0.00409. The molecule has 2 aromatic carbocycles. The number of hydrogen-bond acceptors (Lipinski definition) is 2. The molecule has 128 valence electrons. The Morgan fingerprint density at radius 3 is 2.25 bits per heavy atom. The van der Waals surface area contributed by atoms with E-state index in [0.717, 1.165) is 29.8 Å². The molecule has 0 aromatic heterocycles. The molecular formula is C17H14F5NO. The molecule has 7 heteroatoms. The van der Waals surface area contributed by atoms with E-state index in [4.69, 9.17) is 4.74 Å². The topological polar surface area (TPSA) is 12.5 Å². The van der Waals surface area contributed by atoms with Crippen molar-refractivity contribution in [1.82, 2.24) is 4.90 Å². The third-order valence-corrected chi connectivity index (χ3v) is 3.80. The lowest BCUT2D eigenvalue weighted by Crippen LogP contribution is -2.53. The van der Waals surface area contributed by atoms with E-state index in [9.17, 15) is 22.0 Å². The van der Waals surface area contributed by atoms with Crippen LogP contribution >= 0.6 is 0 Å². The van der Waals surface area contributed by atoms with Crippen molar-refractivity contribution in [2.24, 2.45) is 0 Å². The highest BCUT2D eigenvalue weighted by atomic mass is 19.4. The molecule has 3 rings (SSSR count). The highest BCUT2D eigenvalue weighted by molar-refractivity contribution is 5.26. The van der Waals surface area contributed by atoms with Gasteiger partial charge in [0.25, 0.3) is 0 Å². The van der Waals surface area contributed by atoms with Crippen LogP contribution in [0.2, 0.25) is 0 Å². The van der Waals surface area contributed by atoms with E-state index < -0.39 is 23.4 Å². The van der Waals surface area contributed by atoms with Crippen molar-refractivity contribution in [3.63, 3.8) is 0 Å². The monoisotopic (exact) mass is 343 g/mol. The maximum Gasteiger partial charge on any atom is 0.416 e. The summed E-state index contributed by atoms with van der Waals surface area (Å²) in [4.78, 5) is 1.97. The fraction of sp³-hybridized carbons (Fsp3) is 0.294. The zero-order chi connectivity index (χ0) is 17.3. The Kier molecular flexibility index (Phi) is 4.45. The molecule has 1 aliphatic rings. The van der Waals surface area contributed by atoms with Gasteiger partial charge in [-0.15, -0.1) is 0 Å². The first-order valence-corrected chi connectivity index (χ1v) is 7.31. The Morgan fingerprint density at radius 1 is 1.00 bits per heavy atom. The molecule has 0 aliphatic carbocycles. The summed E-state index contributed by atoms with van der Waals surface area (Å²) in [6.45, 7) is 1.54. The SMILES string of the molecule is Fc1ccc(OC2CN(Cc3ccc(C(F)(F)F)cc3)C2)c(F)c1. The number of hydrogen-bond donors (Lipinski definition) is 0. The fourth-order valence-electron chi connectivity index (χ4n) is 2.53. The van der Waals surface area contributed by atoms with Crippen LogP contribution in [-0.2, 0) is 12.7 Å². The number of alkyl halides is 3. The molecule has 24 heavy (non-hydrogen) atoms. The summed E-state index contributed by atoms with van der Waals surface area (Å²) in [7, 11) is 0. The quantitative estimate of drug-likeness (QED) is 0.770. The van der Waals surface area contributed by atoms with Gasteiger partial charge in [0.05, 0.1) is 5.56 Å². The van der Waals surface area contributed by atoms with Gasteiger partial charge in [-0.1, -0.05) is 12.1 Å². The second kappa shape index (κ2) is 6.39. The molecule has 0 N–H and O–H groups in total. The molecule has 0 atom stereocenters. The molecule has 1 fully saturated rings. The molecule has 0 radical (unpaired) electrons. The molecule has 2 aromatic rings. The van der Waals surface area contributed by atoms with Gasteiger partial charge in [0, 0.05) is 25.7 Å². The minimum Gasteiger partial charge on any atom is -0.485 e. The molecule has 1 heterocycles. The lowest BCUT2D eigenvalue weighted by atomic mass is 10.1. The Labute approximate surface area is 135 Å². The smallest absolute Gasteiger partial charge is 0.416 e. The average Bonchev–Trinajstić information content (AvgIpc) is 2.47. The molecule has 1 saturated heterocycles. The van der Waals surface area contributed by atoms with Crippen LogP contribution in [0.3, 0.4) is 0 Å². The van der Waals surface area contributed by atoms with Gasteiger partial charge >= 0.3 is 6.18 Å². The van der Waals surface area contributed by atoms with Gasteiger partial charge in [-0.2, -0.15) is 13.2 Å². The van der Waals surface area contributed by atoms with Crippen molar-refractivity contribution < 1.29 is 26.7 Å². The summed E-state index contributed by atoms with van der Waals surface area (Å²) in [5, 5.41) is 0. The highest BCUT2D eigenvalue weighted by Crippen LogP contribution is 2.29. The summed E-state index contributed by atoms with van der Waals surface area (Å²) in [5.41, 5.74) is 0.0808. The van der Waals surface area contributed by atoms with Gasteiger partial charge in [0.15, 0.2) is 11.6 Å². The van der Waals surface area contributed by atoms with Gasteiger partial charge in [-0.05, 0) is 29.8 Å². The molecule has 0 bridgehead atoms. The third-order valence-electron chi connectivity index (χ3n) is 3.80. The van der Waals surface area contributed by atoms with Crippen molar-refractivity contribution >= 4 is 0 Å². The zero-order valence-electron chi connectivity index (χ0n) is 12.5. The number of benzene rings is 2. The number of rotatable bonds is 4. The zero-order valence-corrected chi connectivity index (χ0v) is 12.5. The average molecular weight is 343 g/mol. The van der Waals surface area contributed by atoms with Crippen LogP contribution in [0.4, 0.5) is 22.0 Å². The van der Waals surface area contributed by atoms with Crippen molar-refractivity contribution in [2.45, 2.75) is 18.8 Å². The standard InChI is InChI=1S/C17H14F5NO/c18-13-5-6-16(15(19)7-13)24-14-9-23(10-14)8-11-1-3-12(4-2-11)17(20,21)22/h1-7,14H,8-10H2. The summed E-state index contributed by atoms with van der Waals surface area (Å²) < 4.78 is 69.2. The maximum absolute atomic E-state index is 13.5. The van der Waals surface area contributed by atoms with Crippen LogP contribution in [0.25, 0.3) is 0 Å². The van der Waals surface area contributed by atoms with Gasteiger partial charge in [0.2, 0.25) is 0 Å². The van der Waals surface area contributed by atoms with Gasteiger partial charge in [0.1, 0.15) is 11.9 Å². The predicted molar refractivity (Wildman–Crippen MR) is 77.5 cm³/mol. The Morgan fingerprint density at radius 2 is 1.67 bits per heavy atom. The number of nitrogens with zero attached hydrogens (tertiary/aromatic N) is 1. The maximum atomic E-state index is 13.5. The van der Waals surface area contributed by atoms with Crippen molar-refractivity contribution in [1.29, 1.82) is 0 Å². The second-order valence-corrected chi connectivity index (χ2v) is 5.70. The molecule has 0 saturated carbocycles. The Hall–Kier alpha value is -2.15. The van der Waals surface area contributed by atoms with E-state index in [1.54, 1.807) is 0 Å². The first-order valence-electron chi connectivity index (χ1n) is 7.31. The first-order chi connectivity index (χ1) is 11.3. The van der Waals surface area contributed by atoms with Crippen molar-refractivity contribution in [2.75, 3.05) is 13.1 Å². The first kappa shape index (κ1) is 16.7. The number of ether oxygens (including phenoxy) is 1. The predicted octanol–water partition coefficient (Wildman–Crippen LogP) is 4.25. The summed E-state index contributed by atoms with van der Waals surface area (Å²) in [5.74, 6) is -1.43. The van der Waals surface area contributed by atoms with Crippen LogP contribution in [0, 0.1) is 11.6 Å². The third kappa shape index (κ3) is 3.84.